The van der Waals surface area contributed by atoms with E-state index in [-0.39, 0.29) is 17.6 Å². The Labute approximate surface area is 149 Å². The minimum atomic E-state index is -0.498. The van der Waals surface area contributed by atoms with E-state index in [9.17, 15) is 14.4 Å². The quantitative estimate of drug-likeness (QED) is 0.852. The Kier molecular flexibility index (Phi) is 3.78. The van der Waals surface area contributed by atoms with E-state index in [4.69, 9.17) is 0 Å². The Hall–Kier alpha value is -3.10. The number of imidazole rings is 1. The molecule has 0 radical (unpaired) electrons. The molecule has 1 aromatic heterocycles. The van der Waals surface area contributed by atoms with Gasteiger partial charge in [-0.25, -0.2) is 14.6 Å². The average molecular weight is 356 g/mol. The molecule has 0 aliphatic carbocycles. The van der Waals surface area contributed by atoms with Crippen molar-refractivity contribution < 1.29 is 9.59 Å². The van der Waals surface area contributed by atoms with E-state index in [2.05, 4.69) is 9.98 Å². The number of hydrogen-bond donors (Lipinski definition) is 1. The Morgan fingerprint density at radius 1 is 1.12 bits per heavy atom. The van der Waals surface area contributed by atoms with E-state index < -0.39 is 12.2 Å². The van der Waals surface area contributed by atoms with Crippen molar-refractivity contribution >= 4 is 29.3 Å². The van der Waals surface area contributed by atoms with Crippen LogP contribution in [-0.4, -0.2) is 75.4 Å². The topological polar surface area (TPSA) is 94.0 Å². The zero-order chi connectivity index (χ0) is 18.4. The van der Waals surface area contributed by atoms with Crippen LogP contribution in [0.1, 0.15) is 6.42 Å². The summed E-state index contributed by atoms with van der Waals surface area (Å²) in [6, 6.07) is 6.71. The average Bonchev–Trinajstić information content (AvgIpc) is 3.19. The first kappa shape index (κ1) is 16.4. The van der Waals surface area contributed by atoms with Crippen molar-refractivity contribution in [2.75, 3.05) is 20.6 Å². The number of imide groups is 1. The van der Waals surface area contributed by atoms with Crippen molar-refractivity contribution in [3.05, 3.63) is 34.7 Å². The van der Waals surface area contributed by atoms with E-state index in [0.29, 0.717) is 19.5 Å². The summed E-state index contributed by atoms with van der Waals surface area (Å²) < 4.78 is 1.70. The first-order valence-corrected chi connectivity index (χ1v) is 8.50. The molecule has 3 amide bonds. The van der Waals surface area contributed by atoms with Crippen molar-refractivity contribution in [1.29, 1.82) is 0 Å². The second-order valence-corrected chi connectivity index (χ2v) is 6.60. The fourth-order valence-electron chi connectivity index (χ4n) is 3.64. The first-order chi connectivity index (χ1) is 12.5. The van der Waals surface area contributed by atoms with E-state index in [1.807, 2.05) is 29.2 Å². The lowest BCUT2D eigenvalue weighted by Crippen LogP contribution is -2.63. The van der Waals surface area contributed by atoms with Crippen LogP contribution < -0.4 is 5.69 Å². The van der Waals surface area contributed by atoms with Crippen LogP contribution in [0.2, 0.25) is 0 Å². The van der Waals surface area contributed by atoms with Gasteiger partial charge in [-0.15, -0.1) is 0 Å². The molecule has 3 heterocycles. The van der Waals surface area contributed by atoms with Gasteiger partial charge in [0.25, 0.3) is 5.91 Å². The third-order valence-electron chi connectivity index (χ3n) is 5.06. The predicted octanol–water partition coefficient (Wildman–Crippen LogP) is 0.282. The van der Waals surface area contributed by atoms with Gasteiger partial charge in [0, 0.05) is 27.2 Å². The number of H-pyrrole nitrogens is 1. The Morgan fingerprint density at radius 2 is 1.88 bits per heavy atom. The van der Waals surface area contributed by atoms with Crippen LogP contribution >= 0.6 is 0 Å². The summed E-state index contributed by atoms with van der Waals surface area (Å²) in [5.41, 5.74) is 1.53. The number of urea groups is 1. The van der Waals surface area contributed by atoms with E-state index >= 15 is 0 Å². The number of nitrogens with zero attached hydrogens (tertiary/aromatic N) is 5. The minimum Gasteiger partial charge on any atom is -0.347 e. The van der Waals surface area contributed by atoms with Gasteiger partial charge in [0.15, 0.2) is 12.2 Å². The largest absolute Gasteiger partial charge is 0.347 e. The molecule has 4 rings (SSSR count). The molecule has 1 saturated heterocycles. The molecule has 26 heavy (non-hydrogen) atoms. The fourth-order valence-corrected chi connectivity index (χ4v) is 3.64. The summed E-state index contributed by atoms with van der Waals surface area (Å²) in [5.74, 6) is -0.250. The number of carbonyl (C=O) groups is 2. The molecule has 2 aliphatic heterocycles. The number of aromatic amines is 1. The maximum atomic E-state index is 12.5. The summed E-state index contributed by atoms with van der Waals surface area (Å²) in [4.78, 5) is 48.3. The molecule has 1 fully saturated rings. The van der Waals surface area contributed by atoms with Gasteiger partial charge in [-0.05, 0) is 18.6 Å². The second kappa shape index (κ2) is 6.01. The molecule has 1 N–H and O–H groups in total. The standard InChI is InChI=1S/C17H20N6O3/c1-20-14-13(15(24)21(2)17(20)26)22(10-18-14)8-5-9-23-12-7-4-3-6-11(12)19-16(23)25/h3-4,6-7,10,13-14H,5,8-9H2,1-2H3,(H,19,25). The molecule has 2 atom stereocenters. The molecular formula is C17H20N6O3. The van der Waals surface area contributed by atoms with Crippen molar-refractivity contribution in [2.45, 2.75) is 25.2 Å². The number of hydrogen-bond acceptors (Lipinski definition) is 5. The Bertz CT molecular complexity index is 961. The number of aliphatic imine (C=N–C) groups is 1. The number of aryl methyl sites for hydroxylation is 1. The van der Waals surface area contributed by atoms with Crippen molar-refractivity contribution in [3.63, 3.8) is 0 Å². The van der Waals surface area contributed by atoms with Gasteiger partial charge in [-0.1, -0.05) is 12.1 Å². The fraction of sp³-hybridized carbons (Fsp3) is 0.412. The molecule has 2 aromatic rings. The number of para-hydroxylation sites is 2. The smallest absolute Gasteiger partial charge is 0.328 e. The third-order valence-corrected chi connectivity index (χ3v) is 5.06. The highest BCUT2D eigenvalue weighted by Crippen LogP contribution is 2.24. The van der Waals surface area contributed by atoms with Gasteiger partial charge in [0.1, 0.15) is 0 Å². The van der Waals surface area contributed by atoms with Gasteiger partial charge in [-0.3, -0.25) is 14.3 Å². The lowest BCUT2D eigenvalue weighted by Gasteiger charge is -2.39. The van der Waals surface area contributed by atoms with Crippen molar-refractivity contribution in [1.82, 2.24) is 24.3 Å². The summed E-state index contributed by atoms with van der Waals surface area (Å²) in [6.07, 6.45) is 1.82. The van der Waals surface area contributed by atoms with Gasteiger partial charge < -0.3 is 14.8 Å². The normalized spacial score (nSPS) is 22.6. The highest BCUT2D eigenvalue weighted by Gasteiger charge is 2.48. The van der Waals surface area contributed by atoms with Crippen LogP contribution in [-0.2, 0) is 11.3 Å². The number of nitrogens with one attached hydrogen (secondary N) is 1. The summed E-state index contributed by atoms with van der Waals surface area (Å²) in [6.45, 7) is 1.10. The number of rotatable bonds is 4. The minimum absolute atomic E-state index is 0.141. The lowest BCUT2D eigenvalue weighted by molar-refractivity contribution is -0.136. The van der Waals surface area contributed by atoms with Crippen LogP contribution in [0.5, 0.6) is 0 Å². The van der Waals surface area contributed by atoms with E-state index in [1.165, 1.54) is 11.9 Å². The van der Waals surface area contributed by atoms with E-state index in [0.717, 1.165) is 15.9 Å². The van der Waals surface area contributed by atoms with Gasteiger partial charge in [-0.2, -0.15) is 0 Å². The Morgan fingerprint density at radius 3 is 2.69 bits per heavy atom. The van der Waals surface area contributed by atoms with Crippen LogP contribution in [0, 0.1) is 0 Å². The summed E-state index contributed by atoms with van der Waals surface area (Å²) in [7, 11) is 3.13. The Balaban J connectivity index is 1.46. The molecule has 9 heteroatoms. The number of carbonyl (C=O) groups excluding carboxylic acids is 2. The zero-order valence-corrected chi connectivity index (χ0v) is 14.6. The monoisotopic (exact) mass is 356 g/mol. The maximum absolute atomic E-state index is 12.5. The third kappa shape index (κ3) is 2.39. The number of benzene rings is 1. The number of fused-ring (bicyclic) bond motifs is 2. The van der Waals surface area contributed by atoms with E-state index in [1.54, 1.807) is 18.0 Å². The maximum Gasteiger partial charge on any atom is 0.328 e. The van der Waals surface area contributed by atoms with Gasteiger partial charge in [0.05, 0.1) is 17.4 Å². The molecule has 2 aliphatic rings. The summed E-state index contributed by atoms with van der Waals surface area (Å²) >= 11 is 0. The molecule has 0 saturated carbocycles. The lowest BCUT2D eigenvalue weighted by atomic mass is 10.1. The molecule has 2 unspecified atom stereocenters. The molecule has 1 aromatic carbocycles. The SMILES string of the molecule is CN1C(=O)C2C(N=CN2CCCn2c(=O)[nH]c3ccccc32)N(C)C1=O. The van der Waals surface area contributed by atoms with Crippen LogP contribution in [0.4, 0.5) is 4.79 Å². The van der Waals surface area contributed by atoms with Crippen molar-refractivity contribution in [3.8, 4) is 0 Å². The van der Waals surface area contributed by atoms with Gasteiger partial charge >= 0.3 is 11.7 Å². The molecule has 136 valence electrons. The number of likely N-dealkylation sites (N-methyl/N-ethyl adjacent to an activating group) is 2. The molecule has 9 nitrogen and oxygen atoms in total. The molecule has 0 bridgehead atoms. The first-order valence-electron chi connectivity index (χ1n) is 8.50. The summed E-state index contributed by atoms with van der Waals surface area (Å²) in [5, 5.41) is 0. The number of aromatic nitrogens is 2. The van der Waals surface area contributed by atoms with Gasteiger partial charge in [0.2, 0.25) is 0 Å². The predicted molar refractivity (Wildman–Crippen MR) is 95.9 cm³/mol. The van der Waals surface area contributed by atoms with Crippen LogP contribution in [0.25, 0.3) is 11.0 Å². The number of amides is 3. The van der Waals surface area contributed by atoms with Crippen molar-refractivity contribution in [2.24, 2.45) is 4.99 Å². The highest BCUT2D eigenvalue weighted by atomic mass is 16.2. The zero-order valence-electron chi connectivity index (χ0n) is 14.6. The second-order valence-electron chi connectivity index (χ2n) is 6.60. The van der Waals surface area contributed by atoms with Crippen LogP contribution in [0.15, 0.2) is 34.1 Å². The van der Waals surface area contributed by atoms with Crippen LogP contribution in [0.3, 0.4) is 0 Å². The molecular weight excluding hydrogens is 336 g/mol. The molecule has 0 spiro atoms. The highest BCUT2D eigenvalue weighted by molar-refractivity contribution is 6.01.